The molecule has 1 saturated heterocycles. The number of fused-ring (bicyclic) bond motifs is 1. The molecule has 0 unspecified atom stereocenters. The highest BCUT2D eigenvalue weighted by molar-refractivity contribution is 7.46. The van der Waals surface area contributed by atoms with Crippen LogP contribution in [0.2, 0.25) is 0 Å². The zero-order valence-electron chi connectivity index (χ0n) is 13.5. The van der Waals surface area contributed by atoms with E-state index < -0.39 is 39.0 Å². The maximum atomic E-state index is 10.9. The van der Waals surface area contributed by atoms with Crippen molar-refractivity contribution < 1.29 is 33.5 Å². The smallest absolute Gasteiger partial charge is 0.387 e. The summed E-state index contributed by atoms with van der Waals surface area (Å²) in [6, 6.07) is 0. The normalized spacial score (nSPS) is 26.4. The van der Waals surface area contributed by atoms with E-state index in [1.165, 1.54) is 23.3 Å². The van der Waals surface area contributed by atoms with Crippen molar-refractivity contribution in [3.8, 4) is 0 Å². The first-order valence-electron chi connectivity index (χ1n) is 7.51. The van der Waals surface area contributed by atoms with Crippen molar-refractivity contribution in [1.29, 1.82) is 0 Å². The number of aliphatic hydroxyl groups is 1. The number of hydrogen-bond acceptors (Lipinski definition) is 9. The van der Waals surface area contributed by atoms with Crippen molar-refractivity contribution in [3.05, 3.63) is 25.3 Å². The number of rotatable bonds is 7. The molecule has 0 amide bonds. The molecule has 1 aliphatic rings. The van der Waals surface area contributed by atoms with Crippen LogP contribution in [-0.2, 0) is 18.6 Å². The van der Waals surface area contributed by atoms with Gasteiger partial charge in [-0.2, -0.15) is 0 Å². The van der Waals surface area contributed by atoms with Crippen LogP contribution in [0.4, 0.5) is 5.82 Å². The van der Waals surface area contributed by atoms with Crippen LogP contribution in [0.15, 0.2) is 25.3 Å². The number of imidazole rings is 1. The Bertz CT molecular complexity index is 839. The number of hydrogen-bond donors (Lipinski definition) is 4. The molecule has 0 spiro atoms. The number of anilines is 1. The van der Waals surface area contributed by atoms with E-state index >= 15 is 0 Å². The minimum absolute atomic E-state index is 0.122. The molecule has 1 aliphatic heterocycles. The number of nitrogens with two attached hydrogens (primary N) is 1. The van der Waals surface area contributed by atoms with Gasteiger partial charge in [0.05, 0.1) is 19.5 Å². The summed E-state index contributed by atoms with van der Waals surface area (Å²) < 4.78 is 28.2. The lowest BCUT2D eigenvalue weighted by Crippen LogP contribution is -2.36. The molecule has 0 aromatic carbocycles. The Kier molecular flexibility index (Phi) is 5.34. The molecule has 2 aromatic heterocycles. The van der Waals surface area contributed by atoms with Crippen molar-refractivity contribution in [2.75, 3.05) is 18.9 Å². The molecule has 3 heterocycles. The Morgan fingerprint density at radius 3 is 2.88 bits per heavy atom. The summed E-state index contributed by atoms with van der Waals surface area (Å²) in [6.07, 6.45) is 0.137. The van der Waals surface area contributed by atoms with Gasteiger partial charge in [-0.1, -0.05) is 6.08 Å². The highest BCUT2D eigenvalue weighted by Gasteiger charge is 2.46. The number of aromatic nitrogens is 4. The maximum Gasteiger partial charge on any atom is 0.469 e. The second-order valence-corrected chi connectivity index (χ2v) is 6.75. The van der Waals surface area contributed by atoms with E-state index in [2.05, 4.69) is 26.1 Å². The summed E-state index contributed by atoms with van der Waals surface area (Å²) in [5.74, 6) is 0.178. The Morgan fingerprint density at radius 1 is 1.42 bits per heavy atom. The number of aliphatic hydroxyl groups excluding tert-OH is 1. The van der Waals surface area contributed by atoms with Crippen LogP contribution in [-0.4, -0.2) is 65.9 Å². The number of ether oxygens (including phenoxy) is 2. The third-order valence-electron chi connectivity index (χ3n) is 3.79. The lowest BCUT2D eigenvalue weighted by molar-refractivity contribution is -0.0641. The molecule has 3 rings (SSSR count). The van der Waals surface area contributed by atoms with Crippen LogP contribution in [0.3, 0.4) is 0 Å². The first kappa shape index (κ1) is 18.9. The summed E-state index contributed by atoms with van der Waals surface area (Å²) >= 11 is 0. The van der Waals surface area contributed by atoms with E-state index in [1.54, 1.807) is 0 Å². The minimum atomic E-state index is -4.72. The lowest BCUT2D eigenvalue weighted by Gasteiger charge is -2.21. The van der Waals surface area contributed by atoms with E-state index in [-0.39, 0.29) is 12.4 Å². The summed E-state index contributed by atoms with van der Waals surface area (Å²) in [5.41, 5.74) is 6.47. The van der Waals surface area contributed by atoms with Crippen LogP contribution in [0.5, 0.6) is 0 Å². The molecule has 142 valence electrons. The fourth-order valence-corrected chi connectivity index (χ4v) is 3.01. The average molecular weight is 387 g/mol. The van der Waals surface area contributed by atoms with Crippen LogP contribution in [0, 0.1) is 0 Å². The standard InChI is InChI=1S/C13H18N5O7P/c1-2-3-23-10-9(19)7(4-24-26(20,21)22)25-13(10)18-6-17-8-11(14)15-5-16-12(8)18/h2,5-7,9-10,13,19H,1,3-4H2,(H2,14,15,16)(H2,20,21,22)/t7-,9-,10-,13-/m1/s1. The van der Waals surface area contributed by atoms with Gasteiger partial charge in [-0.05, 0) is 0 Å². The van der Waals surface area contributed by atoms with E-state index in [0.717, 1.165) is 0 Å². The Balaban J connectivity index is 1.90. The van der Waals surface area contributed by atoms with Gasteiger partial charge in [0, 0.05) is 0 Å². The van der Waals surface area contributed by atoms with Gasteiger partial charge in [-0.15, -0.1) is 6.58 Å². The summed E-state index contributed by atoms with van der Waals surface area (Å²) in [6.45, 7) is 3.15. The number of phosphoric ester groups is 1. The summed E-state index contributed by atoms with van der Waals surface area (Å²) in [7, 11) is -4.72. The van der Waals surface area contributed by atoms with Gasteiger partial charge in [-0.25, -0.2) is 19.5 Å². The molecule has 0 aliphatic carbocycles. The molecule has 26 heavy (non-hydrogen) atoms. The monoisotopic (exact) mass is 387 g/mol. The zero-order valence-corrected chi connectivity index (χ0v) is 14.3. The second kappa shape index (κ2) is 7.37. The van der Waals surface area contributed by atoms with Crippen LogP contribution < -0.4 is 5.73 Å². The molecule has 0 saturated carbocycles. The molecule has 0 radical (unpaired) electrons. The molecule has 0 bridgehead atoms. The quantitative estimate of drug-likeness (QED) is 0.351. The van der Waals surface area contributed by atoms with Crippen molar-refractivity contribution in [2.45, 2.75) is 24.5 Å². The van der Waals surface area contributed by atoms with Gasteiger partial charge >= 0.3 is 7.82 Å². The maximum absolute atomic E-state index is 10.9. The molecule has 12 nitrogen and oxygen atoms in total. The lowest BCUT2D eigenvalue weighted by atomic mass is 10.1. The molecule has 4 atom stereocenters. The highest BCUT2D eigenvalue weighted by Crippen LogP contribution is 2.39. The van der Waals surface area contributed by atoms with Crippen LogP contribution in [0.1, 0.15) is 6.23 Å². The fraction of sp³-hybridized carbons (Fsp3) is 0.462. The third kappa shape index (κ3) is 3.76. The van der Waals surface area contributed by atoms with Gasteiger partial charge in [-0.3, -0.25) is 9.09 Å². The predicted molar refractivity (Wildman–Crippen MR) is 87.6 cm³/mol. The first-order chi connectivity index (χ1) is 12.3. The van der Waals surface area contributed by atoms with E-state index in [1.807, 2.05) is 0 Å². The SMILES string of the molecule is C=CCO[C@@H]1[C@H](O)[C@@H](COP(=O)(O)O)O[C@H]1n1cnc2c(N)ncnc21. The predicted octanol–water partition coefficient (Wildman–Crippen LogP) is -0.653. The zero-order chi connectivity index (χ0) is 18.9. The van der Waals surface area contributed by atoms with Gasteiger partial charge in [0.1, 0.15) is 30.2 Å². The molecule has 13 heteroatoms. The molecule has 1 fully saturated rings. The third-order valence-corrected chi connectivity index (χ3v) is 4.27. The van der Waals surface area contributed by atoms with Gasteiger partial charge in [0.2, 0.25) is 0 Å². The van der Waals surface area contributed by atoms with Crippen molar-refractivity contribution >= 4 is 24.8 Å². The van der Waals surface area contributed by atoms with Crippen molar-refractivity contribution in [3.63, 3.8) is 0 Å². The fourth-order valence-electron chi connectivity index (χ4n) is 2.67. The van der Waals surface area contributed by atoms with Crippen LogP contribution in [0.25, 0.3) is 11.2 Å². The molecular formula is C13H18N5O7P. The summed E-state index contributed by atoms with van der Waals surface area (Å²) in [4.78, 5) is 29.8. The average Bonchev–Trinajstić information content (AvgIpc) is 3.13. The van der Waals surface area contributed by atoms with Crippen LogP contribution >= 0.6 is 7.82 Å². The Labute approximate surface area is 147 Å². The van der Waals surface area contributed by atoms with E-state index in [4.69, 9.17) is 25.0 Å². The number of nitrogen functional groups attached to an aromatic ring is 1. The minimum Gasteiger partial charge on any atom is -0.387 e. The second-order valence-electron chi connectivity index (χ2n) is 5.51. The van der Waals surface area contributed by atoms with E-state index in [9.17, 15) is 9.67 Å². The van der Waals surface area contributed by atoms with Crippen molar-refractivity contribution in [2.24, 2.45) is 0 Å². The molecule has 2 aromatic rings. The van der Waals surface area contributed by atoms with Crippen molar-refractivity contribution in [1.82, 2.24) is 19.5 Å². The van der Waals surface area contributed by atoms with E-state index in [0.29, 0.717) is 11.2 Å². The largest absolute Gasteiger partial charge is 0.469 e. The first-order valence-corrected chi connectivity index (χ1v) is 9.04. The van der Waals surface area contributed by atoms with Gasteiger partial charge in [0.25, 0.3) is 0 Å². The number of phosphoric acid groups is 1. The summed E-state index contributed by atoms with van der Waals surface area (Å²) in [5, 5.41) is 10.5. The van der Waals surface area contributed by atoms with Gasteiger partial charge < -0.3 is 30.1 Å². The molecule has 5 N–H and O–H groups in total. The molecular weight excluding hydrogens is 369 g/mol. The topological polar surface area (TPSA) is 175 Å². The Hall–Kier alpha value is -1.92. The number of nitrogens with zero attached hydrogens (tertiary/aromatic N) is 4. The Morgan fingerprint density at radius 2 is 2.19 bits per heavy atom. The van der Waals surface area contributed by atoms with Gasteiger partial charge in [0.15, 0.2) is 17.7 Å². The highest BCUT2D eigenvalue weighted by atomic mass is 31.2.